The molecule has 11 unspecified atom stereocenters. The lowest BCUT2D eigenvalue weighted by molar-refractivity contribution is -0.371. The lowest BCUT2D eigenvalue weighted by atomic mass is 9.97. The summed E-state index contributed by atoms with van der Waals surface area (Å²) >= 11 is 0. The molecule has 0 amide bonds. The maximum absolute atomic E-state index is 12.6. The predicted molar refractivity (Wildman–Crippen MR) is 150 cm³/mol. The summed E-state index contributed by atoms with van der Waals surface area (Å²) < 4.78 is 34.1. The van der Waals surface area contributed by atoms with Crippen molar-refractivity contribution in [2.24, 2.45) is 0 Å². The zero-order chi connectivity index (χ0) is 31.4. The highest BCUT2D eigenvalue weighted by molar-refractivity contribution is 5.69. The minimum atomic E-state index is -1.75. The molecule has 0 aromatic rings. The molecule has 5 N–H and O–H groups in total. The number of carbonyl (C=O) groups is 2. The van der Waals surface area contributed by atoms with Crippen molar-refractivity contribution < 1.29 is 63.5 Å². The van der Waals surface area contributed by atoms with Gasteiger partial charge in [0.2, 0.25) is 0 Å². The lowest BCUT2D eigenvalue weighted by Gasteiger charge is -2.46. The molecule has 4 aliphatic heterocycles. The zero-order valence-electron chi connectivity index (χ0n) is 25.5. The molecule has 0 saturated carbocycles. The molecular formula is C30H52O13. The Morgan fingerprint density at radius 1 is 0.721 bits per heavy atom. The molecule has 2 bridgehead atoms. The van der Waals surface area contributed by atoms with E-state index in [0.717, 1.165) is 44.9 Å². The SMILES string of the molecule is CC(=O)OCC1OC2OC3C(OC(C)CCCCCCCCCCCCCC(=O)OC1C(O)C2O)OC(CO)C(O)C3O. The van der Waals surface area contributed by atoms with Crippen molar-refractivity contribution in [2.45, 2.75) is 165 Å². The highest BCUT2D eigenvalue weighted by Crippen LogP contribution is 2.32. The summed E-state index contributed by atoms with van der Waals surface area (Å²) in [7, 11) is 0. The summed E-state index contributed by atoms with van der Waals surface area (Å²) in [6.07, 6.45) is -2.76. The van der Waals surface area contributed by atoms with E-state index in [2.05, 4.69) is 0 Å². The quantitative estimate of drug-likeness (QED) is 0.283. The second-order valence-corrected chi connectivity index (χ2v) is 12.0. The predicted octanol–water partition coefficient (Wildman–Crippen LogP) is 1.22. The molecule has 4 aliphatic rings. The van der Waals surface area contributed by atoms with Crippen LogP contribution in [0.4, 0.5) is 0 Å². The van der Waals surface area contributed by atoms with E-state index >= 15 is 0 Å². The molecule has 4 heterocycles. The number of hydrogen-bond acceptors (Lipinski definition) is 13. The summed E-state index contributed by atoms with van der Waals surface area (Å²) in [5.74, 6) is -1.22. The average molecular weight is 621 g/mol. The number of aliphatic hydroxyl groups excluding tert-OH is 5. The number of aliphatic hydroxyl groups is 5. The number of rotatable bonds is 3. The van der Waals surface area contributed by atoms with Crippen LogP contribution in [0.15, 0.2) is 0 Å². The van der Waals surface area contributed by atoms with Gasteiger partial charge in [0.25, 0.3) is 0 Å². The van der Waals surface area contributed by atoms with Crippen molar-refractivity contribution in [3.8, 4) is 0 Å². The van der Waals surface area contributed by atoms with Crippen LogP contribution in [0.3, 0.4) is 0 Å². The molecule has 4 fully saturated rings. The van der Waals surface area contributed by atoms with Gasteiger partial charge in [-0.1, -0.05) is 64.2 Å². The molecule has 13 heteroatoms. The third-order valence-electron chi connectivity index (χ3n) is 8.33. The maximum Gasteiger partial charge on any atom is 0.306 e. The van der Waals surface area contributed by atoms with E-state index in [-0.39, 0.29) is 12.5 Å². The highest BCUT2D eigenvalue weighted by atomic mass is 16.8. The van der Waals surface area contributed by atoms with Gasteiger partial charge in [0.1, 0.15) is 49.3 Å². The Balaban J connectivity index is 1.79. The number of ether oxygens (including phenoxy) is 6. The third-order valence-corrected chi connectivity index (χ3v) is 8.33. The van der Waals surface area contributed by atoms with Crippen LogP contribution in [0.2, 0.25) is 0 Å². The van der Waals surface area contributed by atoms with Crippen LogP contribution >= 0.6 is 0 Å². The van der Waals surface area contributed by atoms with E-state index in [1.165, 1.54) is 26.2 Å². The first-order chi connectivity index (χ1) is 20.6. The minimum Gasteiger partial charge on any atom is -0.463 e. The average Bonchev–Trinajstić information content (AvgIpc) is 2.97. The number of hydrogen-bond donors (Lipinski definition) is 5. The third kappa shape index (κ3) is 11.2. The van der Waals surface area contributed by atoms with Gasteiger partial charge in [0, 0.05) is 13.3 Å². The first-order valence-corrected chi connectivity index (χ1v) is 15.9. The van der Waals surface area contributed by atoms with E-state index in [9.17, 15) is 35.1 Å². The molecule has 0 aromatic heterocycles. The monoisotopic (exact) mass is 620 g/mol. The van der Waals surface area contributed by atoms with Crippen LogP contribution in [0.1, 0.15) is 97.3 Å². The van der Waals surface area contributed by atoms with Crippen molar-refractivity contribution in [2.75, 3.05) is 13.2 Å². The molecule has 13 nitrogen and oxygen atoms in total. The minimum absolute atomic E-state index is 0.117. The van der Waals surface area contributed by atoms with Crippen molar-refractivity contribution in [3.63, 3.8) is 0 Å². The Kier molecular flexibility index (Phi) is 15.5. The van der Waals surface area contributed by atoms with Gasteiger partial charge < -0.3 is 54.0 Å². The van der Waals surface area contributed by atoms with Crippen LogP contribution in [0.25, 0.3) is 0 Å². The lowest BCUT2D eigenvalue weighted by Crippen LogP contribution is -2.65. The van der Waals surface area contributed by atoms with Crippen molar-refractivity contribution in [3.05, 3.63) is 0 Å². The van der Waals surface area contributed by atoms with E-state index in [4.69, 9.17) is 28.4 Å². The van der Waals surface area contributed by atoms with Gasteiger partial charge in [-0.2, -0.15) is 0 Å². The van der Waals surface area contributed by atoms with Gasteiger partial charge in [-0.05, 0) is 19.8 Å². The Morgan fingerprint density at radius 3 is 1.88 bits per heavy atom. The van der Waals surface area contributed by atoms with E-state index in [0.29, 0.717) is 12.8 Å². The van der Waals surface area contributed by atoms with Gasteiger partial charge in [-0.25, -0.2) is 0 Å². The number of fused-ring (bicyclic) bond motifs is 18. The van der Waals surface area contributed by atoms with E-state index in [1.807, 2.05) is 6.92 Å². The second kappa shape index (κ2) is 18.5. The second-order valence-electron chi connectivity index (χ2n) is 12.0. The molecule has 250 valence electrons. The highest BCUT2D eigenvalue weighted by Gasteiger charge is 2.52. The topological polar surface area (TPSA) is 191 Å². The van der Waals surface area contributed by atoms with Gasteiger partial charge in [-0.3, -0.25) is 9.59 Å². The molecule has 0 aromatic carbocycles. The smallest absolute Gasteiger partial charge is 0.306 e. The molecule has 0 radical (unpaired) electrons. The van der Waals surface area contributed by atoms with Crippen LogP contribution in [0, 0.1) is 0 Å². The van der Waals surface area contributed by atoms with Crippen LogP contribution < -0.4 is 0 Å². The summed E-state index contributed by atoms with van der Waals surface area (Å²) in [4.78, 5) is 24.2. The summed E-state index contributed by atoms with van der Waals surface area (Å²) in [5, 5.41) is 53.1. The Hall–Kier alpha value is -1.42. The normalized spacial score (nSPS) is 40.1. The maximum atomic E-state index is 12.6. The fourth-order valence-corrected chi connectivity index (χ4v) is 5.76. The van der Waals surface area contributed by atoms with Crippen molar-refractivity contribution in [1.82, 2.24) is 0 Å². The molecular weight excluding hydrogens is 568 g/mol. The van der Waals surface area contributed by atoms with Gasteiger partial charge in [-0.15, -0.1) is 0 Å². The Morgan fingerprint density at radius 2 is 1.28 bits per heavy atom. The molecule has 4 rings (SSSR count). The fraction of sp³-hybridized carbons (Fsp3) is 0.933. The molecule has 0 aliphatic carbocycles. The first kappa shape index (κ1) is 36.1. The van der Waals surface area contributed by atoms with Crippen molar-refractivity contribution >= 4 is 11.9 Å². The summed E-state index contributed by atoms with van der Waals surface area (Å²) in [5.41, 5.74) is 0. The fourth-order valence-electron chi connectivity index (χ4n) is 5.76. The molecule has 11 atom stereocenters. The Bertz CT molecular complexity index is 828. The largest absolute Gasteiger partial charge is 0.463 e. The summed E-state index contributed by atoms with van der Waals surface area (Å²) in [6, 6.07) is 0. The zero-order valence-corrected chi connectivity index (χ0v) is 25.5. The van der Waals surface area contributed by atoms with Crippen LogP contribution in [-0.4, -0.2) is 118 Å². The van der Waals surface area contributed by atoms with Gasteiger partial charge in [0.15, 0.2) is 18.7 Å². The van der Waals surface area contributed by atoms with Crippen molar-refractivity contribution in [1.29, 1.82) is 0 Å². The van der Waals surface area contributed by atoms with E-state index in [1.54, 1.807) is 0 Å². The number of esters is 2. The van der Waals surface area contributed by atoms with E-state index < -0.39 is 86.6 Å². The molecule has 0 spiro atoms. The Labute approximate surface area is 253 Å². The standard InChI is InChI=1S/C30H52O13/c1-18-14-12-10-8-6-4-3-5-7-9-11-13-15-22(33)42-27-21(17-38-19(2)32)41-29(26(37)25(27)36)43-28-24(35)23(34)20(16-31)40-30(28)39-18/h18,20-21,23-31,34-37H,3-17H2,1-2H3. The molecule has 4 saturated heterocycles. The first-order valence-electron chi connectivity index (χ1n) is 15.9. The molecule has 43 heavy (non-hydrogen) atoms. The number of carbonyl (C=O) groups excluding carboxylic acids is 2. The summed E-state index contributed by atoms with van der Waals surface area (Å²) in [6.45, 7) is 2.04. The van der Waals surface area contributed by atoms with Crippen LogP contribution in [-0.2, 0) is 38.0 Å². The van der Waals surface area contributed by atoms with Gasteiger partial charge >= 0.3 is 11.9 Å². The van der Waals surface area contributed by atoms with Gasteiger partial charge in [0.05, 0.1) is 12.7 Å². The van der Waals surface area contributed by atoms with Crippen LogP contribution in [0.5, 0.6) is 0 Å².